The van der Waals surface area contributed by atoms with Crippen molar-refractivity contribution in [2.75, 3.05) is 18.4 Å². The number of anilines is 1. The number of rotatable bonds is 4. The molecule has 4 nitrogen and oxygen atoms in total. The predicted octanol–water partition coefficient (Wildman–Crippen LogP) is 4.23. The Morgan fingerprint density at radius 1 is 1.19 bits per heavy atom. The van der Waals surface area contributed by atoms with Crippen molar-refractivity contribution in [3.63, 3.8) is 0 Å². The van der Waals surface area contributed by atoms with Crippen molar-refractivity contribution in [2.45, 2.75) is 18.9 Å². The molecule has 2 aromatic rings. The molecule has 8 heteroatoms. The van der Waals surface area contributed by atoms with Gasteiger partial charge in [0.25, 0.3) is 0 Å². The van der Waals surface area contributed by atoms with Crippen LogP contribution in [-0.4, -0.2) is 34.4 Å². The summed E-state index contributed by atoms with van der Waals surface area (Å²) in [6.07, 6.45) is -1.12. The van der Waals surface area contributed by atoms with Gasteiger partial charge in [0.15, 0.2) is 6.35 Å². The summed E-state index contributed by atoms with van der Waals surface area (Å²) >= 11 is 6.15. The molecule has 0 spiro atoms. The van der Waals surface area contributed by atoms with Gasteiger partial charge in [0, 0.05) is 25.0 Å². The van der Waals surface area contributed by atoms with Crippen LogP contribution in [0, 0.1) is 0 Å². The van der Waals surface area contributed by atoms with Gasteiger partial charge in [0.1, 0.15) is 0 Å². The number of aromatic nitrogens is 1. The third-order valence-corrected chi connectivity index (χ3v) is 4.46. The Balaban J connectivity index is 1.62. The SMILES string of the molecule is OC(Nc1ccc(C(F)(F)F)cc1)N1CC=C(c2ncccc2Cl)CC1. The fourth-order valence-corrected chi connectivity index (χ4v) is 2.98. The Bertz CT molecular complexity index is 793. The van der Waals surface area contributed by atoms with Gasteiger partial charge in [-0.3, -0.25) is 9.88 Å². The molecule has 1 aliphatic heterocycles. The Kier molecular flexibility index (Phi) is 5.50. The van der Waals surface area contributed by atoms with Gasteiger partial charge in [0.2, 0.25) is 0 Å². The van der Waals surface area contributed by atoms with E-state index in [1.54, 1.807) is 23.2 Å². The zero-order valence-electron chi connectivity index (χ0n) is 13.7. The molecule has 26 heavy (non-hydrogen) atoms. The topological polar surface area (TPSA) is 48.4 Å². The van der Waals surface area contributed by atoms with Gasteiger partial charge >= 0.3 is 6.18 Å². The first-order chi connectivity index (χ1) is 12.3. The predicted molar refractivity (Wildman–Crippen MR) is 94.5 cm³/mol. The molecule has 1 unspecified atom stereocenters. The molecule has 0 fully saturated rings. The first-order valence-corrected chi connectivity index (χ1v) is 8.38. The van der Waals surface area contributed by atoms with E-state index < -0.39 is 18.1 Å². The average Bonchev–Trinajstić information content (AvgIpc) is 2.62. The standard InChI is InChI=1S/C18H17ClF3N3O/c19-15-2-1-9-23-16(15)12-7-10-25(11-8-12)17(26)24-14-5-3-13(4-6-14)18(20,21)22/h1-7,9,17,24,26H,8,10-11H2. The highest BCUT2D eigenvalue weighted by Gasteiger charge is 2.30. The van der Waals surface area contributed by atoms with Crippen molar-refractivity contribution in [2.24, 2.45) is 0 Å². The van der Waals surface area contributed by atoms with Gasteiger partial charge < -0.3 is 10.4 Å². The lowest BCUT2D eigenvalue weighted by atomic mass is 10.0. The fourth-order valence-electron chi connectivity index (χ4n) is 2.74. The van der Waals surface area contributed by atoms with Gasteiger partial charge in [-0.15, -0.1) is 0 Å². The summed E-state index contributed by atoms with van der Waals surface area (Å²) in [6, 6.07) is 8.09. The summed E-state index contributed by atoms with van der Waals surface area (Å²) < 4.78 is 37.7. The highest BCUT2D eigenvalue weighted by Crippen LogP contribution is 2.30. The number of hydrogen-bond donors (Lipinski definition) is 2. The van der Waals surface area contributed by atoms with Crippen LogP contribution in [0.4, 0.5) is 18.9 Å². The first-order valence-electron chi connectivity index (χ1n) is 8.00. The zero-order valence-corrected chi connectivity index (χ0v) is 14.4. The third kappa shape index (κ3) is 4.35. The third-order valence-electron chi connectivity index (χ3n) is 4.16. The molecule has 0 bridgehead atoms. The van der Waals surface area contributed by atoms with Gasteiger partial charge in [0.05, 0.1) is 16.3 Å². The summed E-state index contributed by atoms with van der Waals surface area (Å²) in [5.41, 5.74) is 1.43. The Morgan fingerprint density at radius 3 is 2.50 bits per heavy atom. The number of halogens is 4. The highest BCUT2D eigenvalue weighted by atomic mass is 35.5. The highest BCUT2D eigenvalue weighted by molar-refractivity contribution is 6.32. The lowest BCUT2D eigenvalue weighted by Gasteiger charge is -2.31. The van der Waals surface area contributed by atoms with Crippen LogP contribution in [0.1, 0.15) is 17.7 Å². The maximum atomic E-state index is 12.6. The molecule has 3 rings (SSSR count). The van der Waals surface area contributed by atoms with E-state index in [4.69, 9.17) is 11.6 Å². The molecule has 2 N–H and O–H groups in total. The summed E-state index contributed by atoms with van der Waals surface area (Å²) in [5, 5.41) is 13.7. The van der Waals surface area contributed by atoms with E-state index in [0.29, 0.717) is 30.2 Å². The molecule has 1 aliphatic rings. The maximum Gasteiger partial charge on any atom is 0.416 e. The second-order valence-corrected chi connectivity index (χ2v) is 6.31. The zero-order chi connectivity index (χ0) is 18.7. The van der Waals surface area contributed by atoms with E-state index in [1.165, 1.54) is 12.1 Å². The number of alkyl halides is 3. The minimum atomic E-state index is -4.38. The second-order valence-electron chi connectivity index (χ2n) is 5.90. The van der Waals surface area contributed by atoms with Gasteiger partial charge in [-0.2, -0.15) is 13.2 Å². The lowest BCUT2D eigenvalue weighted by Crippen LogP contribution is -2.43. The molecule has 0 amide bonds. The van der Waals surface area contributed by atoms with Crippen molar-refractivity contribution >= 4 is 22.9 Å². The van der Waals surface area contributed by atoms with Crippen LogP contribution >= 0.6 is 11.6 Å². The van der Waals surface area contributed by atoms with Crippen LogP contribution in [0.5, 0.6) is 0 Å². The van der Waals surface area contributed by atoms with Crippen LogP contribution in [0.25, 0.3) is 5.57 Å². The number of aliphatic hydroxyl groups is 1. The summed E-state index contributed by atoms with van der Waals surface area (Å²) in [5.74, 6) is 0. The van der Waals surface area contributed by atoms with E-state index in [1.807, 2.05) is 6.08 Å². The Labute approximate surface area is 153 Å². The van der Waals surface area contributed by atoms with Crippen LogP contribution < -0.4 is 5.32 Å². The molecule has 0 saturated heterocycles. The van der Waals surface area contributed by atoms with E-state index in [-0.39, 0.29) is 0 Å². The van der Waals surface area contributed by atoms with E-state index in [2.05, 4.69) is 10.3 Å². The molecule has 0 radical (unpaired) electrons. The number of benzene rings is 1. The largest absolute Gasteiger partial charge is 0.416 e. The molecule has 1 aromatic heterocycles. The molecule has 1 atom stereocenters. The number of hydrogen-bond acceptors (Lipinski definition) is 4. The minimum absolute atomic E-state index is 0.410. The van der Waals surface area contributed by atoms with Gasteiger partial charge in [-0.1, -0.05) is 17.7 Å². The summed E-state index contributed by atoms with van der Waals surface area (Å²) in [7, 11) is 0. The quantitative estimate of drug-likeness (QED) is 0.776. The number of pyridine rings is 1. The first kappa shape index (κ1) is 18.7. The lowest BCUT2D eigenvalue weighted by molar-refractivity contribution is -0.137. The molecule has 0 aliphatic carbocycles. The van der Waals surface area contributed by atoms with Gasteiger partial charge in [-0.25, -0.2) is 0 Å². The Morgan fingerprint density at radius 2 is 1.92 bits per heavy atom. The van der Waals surface area contributed by atoms with Crippen LogP contribution in [0.3, 0.4) is 0 Å². The molecular formula is C18H17ClF3N3O. The normalized spacial score (nSPS) is 16.9. The van der Waals surface area contributed by atoms with Crippen molar-refractivity contribution in [1.29, 1.82) is 0 Å². The summed E-state index contributed by atoms with van der Waals surface area (Å²) in [4.78, 5) is 6.04. The molecular weight excluding hydrogens is 367 g/mol. The Hall–Kier alpha value is -2.09. The number of aliphatic hydroxyl groups excluding tert-OH is 1. The minimum Gasteiger partial charge on any atom is -0.361 e. The van der Waals surface area contributed by atoms with Crippen molar-refractivity contribution in [1.82, 2.24) is 9.88 Å². The average molecular weight is 384 g/mol. The van der Waals surface area contributed by atoms with E-state index in [0.717, 1.165) is 23.4 Å². The molecule has 2 heterocycles. The smallest absolute Gasteiger partial charge is 0.361 e. The maximum absolute atomic E-state index is 12.6. The van der Waals surface area contributed by atoms with Crippen LogP contribution in [0.15, 0.2) is 48.7 Å². The van der Waals surface area contributed by atoms with Crippen molar-refractivity contribution in [3.8, 4) is 0 Å². The van der Waals surface area contributed by atoms with Crippen LogP contribution in [0.2, 0.25) is 5.02 Å². The molecule has 1 aromatic carbocycles. The number of nitrogens with one attached hydrogen (secondary N) is 1. The second kappa shape index (κ2) is 7.65. The fraction of sp³-hybridized carbons (Fsp3) is 0.278. The monoisotopic (exact) mass is 383 g/mol. The van der Waals surface area contributed by atoms with Crippen molar-refractivity contribution < 1.29 is 18.3 Å². The molecule has 138 valence electrons. The van der Waals surface area contributed by atoms with Gasteiger partial charge in [-0.05, 0) is 48.4 Å². The van der Waals surface area contributed by atoms with E-state index in [9.17, 15) is 18.3 Å². The van der Waals surface area contributed by atoms with Crippen LogP contribution in [-0.2, 0) is 6.18 Å². The van der Waals surface area contributed by atoms with E-state index >= 15 is 0 Å². The van der Waals surface area contributed by atoms with Crippen molar-refractivity contribution in [3.05, 3.63) is 65.0 Å². The summed E-state index contributed by atoms with van der Waals surface area (Å²) in [6.45, 7) is 1.03. The molecule has 0 saturated carbocycles. The number of nitrogens with zero attached hydrogens (tertiary/aromatic N) is 2.